The molecule has 0 heteroatoms. The lowest BCUT2D eigenvalue weighted by molar-refractivity contribution is 0.808. The highest BCUT2D eigenvalue weighted by Gasteiger charge is 2.32. The summed E-state index contributed by atoms with van der Waals surface area (Å²) in [6.07, 6.45) is 0.950. The van der Waals surface area contributed by atoms with Gasteiger partial charge in [0.2, 0.25) is 0 Å². The zero-order valence-electron chi connectivity index (χ0n) is 29.2. The molecule has 0 fully saturated rings. The standard InChI is InChI=1S/C50H40/c1-31-24-32(2)27-35(26-31)30-45(38-28-33(3)25-34(4)29-38)39-22-23-44-48-40(39)20-13-21-43(48)49-46(36-14-7-5-8-15-36)41-18-11-12-19-42(41)47(50(44)49)37-16-9-6-10-17-37/h5-29,45H,30H2,1-4H3. The fraction of sp³-hybridized carbons (Fsp3) is 0.120. The normalized spacial score (nSPS) is 12.4. The van der Waals surface area contributed by atoms with Gasteiger partial charge in [-0.1, -0.05) is 174 Å². The zero-order valence-corrected chi connectivity index (χ0v) is 29.2. The Labute approximate surface area is 295 Å². The predicted octanol–water partition coefficient (Wildman–Crippen LogP) is 13.6. The van der Waals surface area contributed by atoms with Gasteiger partial charge in [-0.15, -0.1) is 0 Å². The van der Waals surface area contributed by atoms with Crippen LogP contribution in [0.3, 0.4) is 0 Å². The second-order valence-electron chi connectivity index (χ2n) is 14.4. The van der Waals surface area contributed by atoms with E-state index in [1.54, 1.807) is 0 Å². The molecule has 0 radical (unpaired) electrons. The highest BCUT2D eigenvalue weighted by Crippen LogP contribution is 2.58. The molecule has 8 aromatic rings. The third-order valence-electron chi connectivity index (χ3n) is 10.7. The van der Waals surface area contributed by atoms with Crippen LogP contribution in [0, 0.1) is 27.7 Å². The molecule has 1 atom stereocenters. The summed E-state index contributed by atoms with van der Waals surface area (Å²) in [5, 5.41) is 5.32. The smallest absolute Gasteiger partial charge is 0.0136 e. The lowest BCUT2D eigenvalue weighted by atomic mass is 9.81. The van der Waals surface area contributed by atoms with Crippen LogP contribution in [0.5, 0.6) is 0 Å². The number of benzene rings is 8. The first-order valence-corrected chi connectivity index (χ1v) is 17.9. The molecule has 0 nitrogen and oxygen atoms in total. The maximum absolute atomic E-state index is 2.45. The molecule has 0 spiro atoms. The summed E-state index contributed by atoms with van der Waals surface area (Å²) in [7, 11) is 0. The van der Waals surface area contributed by atoms with E-state index in [2.05, 4.69) is 179 Å². The van der Waals surface area contributed by atoms with E-state index in [0.717, 1.165) is 6.42 Å². The van der Waals surface area contributed by atoms with Crippen LogP contribution >= 0.6 is 0 Å². The summed E-state index contributed by atoms with van der Waals surface area (Å²) < 4.78 is 0. The van der Waals surface area contributed by atoms with Crippen molar-refractivity contribution in [3.8, 4) is 44.5 Å². The Morgan fingerprint density at radius 3 is 1.44 bits per heavy atom. The van der Waals surface area contributed by atoms with Gasteiger partial charge in [-0.2, -0.15) is 0 Å². The average molecular weight is 641 g/mol. The fourth-order valence-electron chi connectivity index (χ4n) is 8.98. The first kappa shape index (κ1) is 30.3. The van der Waals surface area contributed by atoms with Gasteiger partial charge in [0.05, 0.1) is 0 Å². The SMILES string of the molecule is Cc1cc(C)cc(CC(c2cc(C)cc(C)c2)c2ccc3c4c(cccc24)-c2c-3c(-c3ccccc3)c3ccccc3c2-c2ccccc2)c1. The van der Waals surface area contributed by atoms with Crippen LogP contribution in [0.4, 0.5) is 0 Å². The minimum absolute atomic E-state index is 0.212. The topological polar surface area (TPSA) is 0 Å². The van der Waals surface area contributed by atoms with Crippen LogP contribution in [0.15, 0.2) is 152 Å². The molecule has 0 saturated heterocycles. The molecule has 1 aliphatic rings. The highest BCUT2D eigenvalue weighted by atomic mass is 14.3. The lowest BCUT2D eigenvalue weighted by Gasteiger charge is -2.23. The summed E-state index contributed by atoms with van der Waals surface area (Å²) in [6, 6.07) is 57.1. The second-order valence-corrected chi connectivity index (χ2v) is 14.4. The number of rotatable bonds is 6. The largest absolute Gasteiger partial charge is 0.0622 e. The summed E-state index contributed by atoms with van der Waals surface area (Å²) in [6.45, 7) is 8.90. The van der Waals surface area contributed by atoms with E-state index >= 15 is 0 Å². The van der Waals surface area contributed by atoms with E-state index < -0.39 is 0 Å². The van der Waals surface area contributed by atoms with Gasteiger partial charge in [0, 0.05) is 5.92 Å². The quantitative estimate of drug-likeness (QED) is 0.170. The molecule has 50 heavy (non-hydrogen) atoms. The van der Waals surface area contributed by atoms with Crippen molar-refractivity contribution in [2.75, 3.05) is 0 Å². The monoisotopic (exact) mass is 640 g/mol. The van der Waals surface area contributed by atoms with Gasteiger partial charge >= 0.3 is 0 Å². The molecular formula is C50H40. The number of hydrogen-bond acceptors (Lipinski definition) is 0. The van der Waals surface area contributed by atoms with Gasteiger partial charge in [-0.05, 0) is 117 Å². The van der Waals surface area contributed by atoms with Crippen LogP contribution in [-0.2, 0) is 6.42 Å². The molecule has 0 aromatic heterocycles. The maximum atomic E-state index is 2.45. The van der Waals surface area contributed by atoms with E-state index in [4.69, 9.17) is 0 Å². The molecule has 0 heterocycles. The van der Waals surface area contributed by atoms with Crippen LogP contribution in [-0.4, -0.2) is 0 Å². The van der Waals surface area contributed by atoms with Crippen LogP contribution < -0.4 is 0 Å². The molecule has 0 amide bonds. The summed E-state index contributed by atoms with van der Waals surface area (Å²) >= 11 is 0. The number of aryl methyl sites for hydroxylation is 4. The van der Waals surface area contributed by atoms with Crippen molar-refractivity contribution in [3.63, 3.8) is 0 Å². The van der Waals surface area contributed by atoms with Crippen LogP contribution in [0.1, 0.15) is 44.9 Å². The first-order chi connectivity index (χ1) is 24.4. The van der Waals surface area contributed by atoms with Crippen molar-refractivity contribution >= 4 is 21.5 Å². The fourth-order valence-corrected chi connectivity index (χ4v) is 8.98. The third-order valence-corrected chi connectivity index (χ3v) is 10.7. The Morgan fingerprint density at radius 2 is 0.880 bits per heavy atom. The van der Waals surface area contributed by atoms with Crippen LogP contribution in [0.2, 0.25) is 0 Å². The van der Waals surface area contributed by atoms with Crippen molar-refractivity contribution in [3.05, 3.63) is 191 Å². The predicted molar refractivity (Wildman–Crippen MR) is 214 cm³/mol. The van der Waals surface area contributed by atoms with Crippen molar-refractivity contribution in [2.24, 2.45) is 0 Å². The number of fused-ring (bicyclic) bond motifs is 4. The van der Waals surface area contributed by atoms with Gasteiger partial charge in [-0.3, -0.25) is 0 Å². The zero-order chi connectivity index (χ0) is 33.9. The molecule has 1 aliphatic carbocycles. The first-order valence-electron chi connectivity index (χ1n) is 17.9. The second kappa shape index (κ2) is 12.0. The Balaban J connectivity index is 1.37. The Hall–Kier alpha value is -5.72. The number of hydrogen-bond donors (Lipinski definition) is 0. The molecule has 240 valence electrons. The van der Waals surface area contributed by atoms with E-state index in [9.17, 15) is 0 Å². The van der Waals surface area contributed by atoms with Gasteiger partial charge in [-0.25, -0.2) is 0 Å². The van der Waals surface area contributed by atoms with Crippen molar-refractivity contribution in [2.45, 2.75) is 40.0 Å². The van der Waals surface area contributed by atoms with Gasteiger partial charge in [0.25, 0.3) is 0 Å². The van der Waals surface area contributed by atoms with E-state index in [-0.39, 0.29) is 5.92 Å². The van der Waals surface area contributed by atoms with Gasteiger partial charge in [0.1, 0.15) is 0 Å². The van der Waals surface area contributed by atoms with E-state index in [1.165, 1.54) is 105 Å². The van der Waals surface area contributed by atoms with E-state index in [0.29, 0.717) is 0 Å². The molecular weight excluding hydrogens is 601 g/mol. The minimum atomic E-state index is 0.212. The molecule has 0 N–H and O–H groups in total. The van der Waals surface area contributed by atoms with Crippen LogP contribution in [0.25, 0.3) is 66.1 Å². The molecule has 0 aliphatic heterocycles. The van der Waals surface area contributed by atoms with Crippen molar-refractivity contribution in [1.29, 1.82) is 0 Å². The third kappa shape index (κ3) is 4.98. The summed E-state index contributed by atoms with van der Waals surface area (Å²) in [5.74, 6) is 0.212. The Morgan fingerprint density at radius 1 is 0.400 bits per heavy atom. The van der Waals surface area contributed by atoms with E-state index in [1.807, 2.05) is 0 Å². The van der Waals surface area contributed by atoms with Crippen molar-refractivity contribution < 1.29 is 0 Å². The highest BCUT2D eigenvalue weighted by molar-refractivity contribution is 6.27. The molecule has 8 aromatic carbocycles. The Bertz CT molecular complexity index is 2460. The molecule has 9 rings (SSSR count). The lowest BCUT2D eigenvalue weighted by Crippen LogP contribution is -2.07. The summed E-state index contributed by atoms with van der Waals surface area (Å²) in [5.41, 5.74) is 20.0. The van der Waals surface area contributed by atoms with Crippen molar-refractivity contribution in [1.82, 2.24) is 0 Å². The molecule has 1 unspecified atom stereocenters. The Kier molecular flexibility index (Phi) is 7.29. The van der Waals surface area contributed by atoms with Gasteiger partial charge < -0.3 is 0 Å². The maximum Gasteiger partial charge on any atom is 0.0136 e. The van der Waals surface area contributed by atoms with Gasteiger partial charge in [0.15, 0.2) is 0 Å². The minimum Gasteiger partial charge on any atom is -0.0622 e. The molecule has 0 saturated carbocycles. The molecule has 0 bridgehead atoms. The average Bonchev–Trinajstić information content (AvgIpc) is 3.44. The summed E-state index contributed by atoms with van der Waals surface area (Å²) in [4.78, 5) is 0.